The summed E-state index contributed by atoms with van der Waals surface area (Å²) in [4.78, 5) is 27.3. The van der Waals surface area contributed by atoms with Crippen molar-refractivity contribution < 1.29 is 9.59 Å². The molecule has 0 spiro atoms. The normalized spacial score (nSPS) is 17.8. The first-order valence-corrected chi connectivity index (χ1v) is 10.5. The Labute approximate surface area is 165 Å². The van der Waals surface area contributed by atoms with E-state index in [2.05, 4.69) is 43.4 Å². The van der Waals surface area contributed by atoms with Crippen LogP contribution in [0.15, 0.2) is 54.6 Å². The Morgan fingerprint density at radius 2 is 1.63 bits per heavy atom. The molecule has 2 amide bonds. The van der Waals surface area contributed by atoms with Crippen LogP contribution in [0.4, 0.5) is 0 Å². The van der Waals surface area contributed by atoms with Gasteiger partial charge in [-0.1, -0.05) is 56.3 Å². The summed E-state index contributed by atoms with van der Waals surface area (Å²) in [6.07, 6.45) is 0. The van der Waals surface area contributed by atoms with Gasteiger partial charge in [0.2, 0.25) is 5.91 Å². The van der Waals surface area contributed by atoms with Gasteiger partial charge in [-0.3, -0.25) is 9.59 Å². The van der Waals surface area contributed by atoms with Crippen LogP contribution in [-0.4, -0.2) is 34.4 Å². The number of hydrogen-bond acceptors (Lipinski definition) is 3. The third-order valence-corrected chi connectivity index (χ3v) is 5.94. The Morgan fingerprint density at radius 1 is 1.00 bits per heavy atom. The second kappa shape index (κ2) is 8.61. The fourth-order valence-electron chi connectivity index (χ4n) is 3.17. The minimum Gasteiger partial charge on any atom is -0.348 e. The van der Waals surface area contributed by atoms with Gasteiger partial charge in [0.05, 0.1) is 11.9 Å². The van der Waals surface area contributed by atoms with Crippen LogP contribution in [0, 0.1) is 0 Å². The Morgan fingerprint density at radius 3 is 2.26 bits per heavy atom. The maximum Gasteiger partial charge on any atom is 0.255 e. The summed E-state index contributed by atoms with van der Waals surface area (Å²) in [6, 6.07) is 17.0. The van der Waals surface area contributed by atoms with Gasteiger partial charge >= 0.3 is 0 Å². The minimum atomic E-state index is -0.430. The lowest BCUT2D eigenvalue weighted by molar-refractivity contribution is -0.125. The van der Waals surface area contributed by atoms with E-state index >= 15 is 0 Å². The monoisotopic (exact) mass is 382 g/mol. The number of nitrogens with one attached hydrogen (secondary N) is 1. The maximum absolute atomic E-state index is 12.8. The molecule has 27 heavy (non-hydrogen) atoms. The summed E-state index contributed by atoms with van der Waals surface area (Å²) in [5.74, 6) is 1.48. The molecule has 0 aliphatic carbocycles. The smallest absolute Gasteiger partial charge is 0.255 e. The van der Waals surface area contributed by atoms with Gasteiger partial charge in [0, 0.05) is 11.3 Å². The second-order valence-corrected chi connectivity index (χ2v) is 8.21. The molecule has 0 radical (unpaired) electrons. The topological polar surface area (TPSA) is 49.4 Å². The number of carbonyl (C=O) groups excluding carboxylic acids is 2. The first kappa shape index (κ1) is 19.5. The lowest BCUT2D eigenvalue weighted by Gasteiger charge is -2.25. The fourth-order valence-corrected chi connectivity index (χ4v) is 4.32. The standard InChI is InChI=1S/C22H26N2O2S/c1-15(2)17-9-11-18(12-10-17)16(3)23-21(25)20-13-27-14-24(20)22(26)19-7-5-4-6-8-19/h4-12,15-16,20H,13-14H2,1-3H3,(H,23,25). The van der Waals surface area contributed by atoms with Gasteiger partial charge in [0.1, 0.15) is 6.04 Å². The molecule has 0 bridgehead atoms. The average molecular weight is 383 g/mol. The molecule has 4 nitrogen and oxygen atoms in total. The van der Waals surface area contributed by atoms with Gasteiger partial charge < -0.3 is 10.2 Å². The van der Waals surface area contributed by atoms with Crippen LogP contribution in [0.3, 0.4) is 0 Å². The molecule has 1 fully saturated rings. The number of hydrogen-bond donors (Lipinski definition) is 1. The third-order valence-electron chi connectivity index (χ3n) is 4.93. The van der Waals surface area contributed by atoms with Crippen molar-refractivity contribution in [2.75, 3.05) is 11.6 Å². The van der Waals surface area contributed by atoms with Crippen molar-refractivity contribution in [3.63, 3.8) is 0 Å². The van der Waals surface area contributed by atoms with E-state index in [1.807, 2.05) is 25.1 Å². The zero-order chi connectivity index (χ0) is 19.4. The quantitative estimate of drug-likeness (QED) is 0.843. The molecule has 142 valence electrons. The number of benzene rings is 2. The van der Waals surface area contributed by atoms with Crippen molar-refractivity contribution in [1.29, 1.82) is 0 Å². The first-order valence-electron chi connectivity index (χ1n) is 9.31. The SMILES string of the molecule is CC(C)c1ccc(C(C)NC(=O)C2CSCN2C(=O)c2ccccc2)cc1. The molecular formula is C22H26N2O2S. The molecule has 0 aromatic heterocycles. The predicted octanol–water partition coefficient (Wildman–Crippen LogP) is 4.20. The predicted molar refractivity (Wildman–Crippen MR) is 111 cm³/mol. The maximum atomic E-state index is 12.8. The van der Waals surface area contributed by atoms with Crippen LogP contribution in [0.5, 0.6) is 0 Å². The molecule has 2 aromatic carbocycles. The summed E-state index contributed by atoms with van der Waals surface area (Å²) in [7, 11) is 0. The zero-order valence-corrected chi connectivity index (χ0v) is 16.8. The van der Waals surface area contributed by atoms with Gasteiger partial charge in [0.15, 0.2) is 0 Å². The van der Waals surface area contributed by atoms with Crippen LogP contribution in [0.2, 0.25) is 0 Å². The van der Waals surface area contributed by atoms with Crippen LogP contribution in [0.25, 0.3) is 0 Å². The molecule has 1 N–H and O–H groups in total. The van der Waals surface area contributed by atoms with E-state index in [0.29, 0.717) is 23.1 Å². The van der Waals surface area contributed by atoms with Crippen LogP contribution in [-0.2, 0) is 4.79 Å². The van der Waals surface area contributed by atoms with Crippen molar-refractivity contribution in [1.82, 2.24) is 10.2 Å². The summed E-state index contributed by atoms with van der Waals surface area (Å²) >= 11 is 1.61. The molecule has 3 rings (SSSR count). The first-order chi connectivity index (χ1) is 13.0. The molecule has 1 aliphatic heterocycles. The summed E-state index contributed by atoms with van der Waals surface area (Å²) in [5, 5.41) is 3.08. The highest BCUT2D eigenvalue weighted by Gasteiger charge is 2.35. The van der Waals surface area contributed by atoms with Crippen LogP contribution >= 0.6 is 11.8 Å². The molecule has 1 saturated heterocycles. The van der Waals surface area contributed by atoms with E-state index in [1.165, 1.54) is 5.56 Å². The fraction of sp³-hybridized carbons (Fsp3) is 0.364. The zero-order valence-electron chi connectivity index (χ0n) is 16.0. The van der Waals surface area contributed by atoms with Gasteiger partial charge in [-0.25, -0.2) is 0 Å². The number of amides is 2. The van der Waals surface area contributed by atoms with Crippen LogP contribution in [0.1, 0.15) is 54.2 Å². The van der Waals surface area contributed by atoms with E-state index in [9.17, 15) is 9.59 Å². The molecule has 2 aromatic rings. The lowest BCUT2D eigenvalue weighted by Crippen LogP contribution is -2.47. The minimum absolute atomic E-state index is 0.0883. The summed E-state index contributed by atoms with van der Waals surface area (Å²) in [6.45, 7) is 6.31. The van der Waals surface area contributed by atoms with Gasteiger partial charge in [-0.2, -0.15) is 0 Å². The molecule has 0 saturated carbocycles. The Bertz CT molecular complexity index is 790. The largest absolute Gasteiger partial charge is 0.348 e. The van der Waals surface area contributed by atoms with Crippen molar-refractivity contribution in [2.45, 2.75) is 38.8 Å². The number of rotatable bonds is 5. The molecule has 1 aliphatic rings. The molecule has 2 unspecified atom stereocenters. The Hall–Kier alpha value is -2.27. The highest BCUT2D eigenvalue weighted by Crippen LogP contribution is 2.25. The highest BCUT2D eigenvalue weighted by molar-refractivity contribution is 7.99. The Balaban J connectivity index is 1.66. The molecule has 5 heteroatoms. The summed E-state index contributed by atoms with van der Waals surface area (Å²) < 4.78 is 0. The number of thioether (sulfide) groups is 1. The average Bonchev–Trinajstić information content (AvgIpc) is 3.18. The molecule has 2 atom stereocenters. The van der Waals surface area contributed by atoms with E-state index in [0.717, 1.165) is 5.56 Å². The van der Waals surface area contributed by atoms with Crippen LogP contribution < -0.4 is 5.32 Å². The van der Waals surface area contributed by atoms with Crippen molar-refractivity contribution in [2.24, 2.45) is 0 Å². The van der Waals surface area contributed by atoms with Gasteiger partial charge in [0.25, 0.3) is 5.91 Å². The van der Waals surface area contributed by atoms with E-state index in [-0.39, 0.29) is 17.9 Å². The van der Waals surface area contributed by atoms with Crippen molar-refractivity contribution in [3.8, 4) is 0 Å². The van der Waals surface area contributed by atoms with Crippen molar-refractivity contribution in [3.05, 3.63) is 71.3 Å². The second-order valence-electron chi connectivity index (χ2n) is 7.21. The van der Waals surface area contributed by atoms with Gasteiger partial charge in [-0.15, -0.1) is 11.8 Å². The van der Waals surface area contributed by atoms with Gasteiger partial charge in [-0.05, 0) is 36.1 Å². The van der Waals surface area contributed by atoms with E-state index in [1.54, 1.807) is 28.8 Å². The molecule has 1 heterocycles. The third kappa shape index (κ3) is 4.53. The number of nitrogens with zero attached hydrogens (tertiary/aromatic N) is 1. The highest BCUT2D eigenvalue weighted by atomic mass is 32.2. The Kier molecular flexibility index (Phi) is 6.22. The summed E-state index contributed by atoms with van der Waals surface area (Å²) in [5.41, 5.74) is 2.97. The molecular weight excluding hydrogens is 356 g/mol. The van der Waals surface area contributed by atoms with E-state index < -0.39 is 6.04 Å². The lowest BCUT2D eigenvalue weighted by atomic mass is 9.99. The van der Waals surface area contributed by atoms with E-state index in [4.69, 9.17) is 0 Å². The van der Waals surface area contributed by atoms with Crippen molar-refractivity contribution >= 4 is 23.6 Å². The number of carbonyl (C=O) groups is 2.